The number of carbonyl (C=O) groups is 2. The van der Waals surface area contributed by atoms with Crippen LogP contribution in [-0.4, -0.2) is 28.8 Å². The van der Waals surface area contributed by atoms with Crippen LogP contribution in [0.25, 0.3) is 0 Å². The Bertz CT molecular complexity index is 490. The molecule has 0 amide bonds. The van der Waals surface area contributed by atoms with E-state index in [1.54, 1.807) is 24.3 Å². The quantitative estimate of drug-likeness (QED) is 0.754. The van der Waals surface area contributed by atoms with Crippen molar-refractivity contribution in [1.29, 1.82) is 0 Å². The van der Waals surface area contributed by atoms with Crippen molar-refractivity contribution in [3.63, 3.8) is 0 Å². The number of ether oxygens (including phenoxy) is 1. The van der Waals surface area contributed by atoms with Crippen LogP contribution in [0.1, 0.15) is 44.4 Å². The van der Waals surface area contributed by atoms with Crippen molar-refractivity contribution in [2.24, 2.45) is 5.41 Å². The van der Waals surface area contributed by atoms with Crippen molar-refractivity contribution >= 4 is 11.9 Å². The number of rotatable bonds is 7. The summed E-state index contributed by atoms with van der Waals surface area (Å²) in [7, 11) is 0. The molecule has 116 valence electrons. The summed E-state index contributed by atoms with van der Waals surface area (Å²) in [6.45, 7) is 5.91. The number of carboxylic acid groups (broad SMARTS) is 1. The van der Waals surface area contributed by atoms with E-state index < -0.39 is 17.5 Å². The molecule has 1 aromatic carbocycles. The lowest BCUT2D eigenvalue weighted by Crippen LogP contribution is -2.26. The third-order valence-corrected chi connectivity index (χ3v) is 3.59. The zero-order chi connectivity index (χ0) is 16.0. The molecule has 0 spiro atoms. The summed E-state index contributed by atoms with van der Waals surface area (Å²) < 4.78 is 5.24. The fourth-order valence-corrected chi connectivity index (χ4v) is 1.61. The van der Waals surface area contributed by atoms with Gasteiger partial charge in [-0.1, -0.05) is 31.2 Å². The summed E-state index contributed by atoms with van der Waals surface area (Å²) in [6.07, 6.45) is -0.245. The van der Waals surface area contributed by atoms with Crippen LogP contribution >= 0.6 is 0 Å². The van der Waals surface area contributed by atoms with E-state index in [-0.39, 0.29) is 12.6 Å². The van der Waals surface area contributed by atoms with Gasteiger partial charge >= 0.3 is 11.9 Å². The molecule has 1 rings (SSSR count). The van der Waals surface area contributed by atoms with Crippen LogP contribution in [0.4, 0.5) is 0 Å². The van der Waals surface area contributed by atoms with Crippen LogP contribution < -0.4 is 0 Å². The second kappa shape index (κ2) is 7.22. The molecule has 0 bridgehead atoms. The van der Waals surface area contributed by atoms with Crippen molar-refractivity contribution < 1.29 is 24.5 Å². The largest absolute Gasteiger partial charge is 0.479 e. The summed E-state index contributed by atoms with van der Waals surface area (Å²) in [5, 5.41) is 18.1. The molecule has 21 heavy (non-hydrogen) atoms. The highest BCUT2D eigenvalue weighted by Gasteiger charge is 2.26. The molecule has 2 N–H and O–H groups in total. The van der Waals surface area contributed by atoms with Gasteiger partial charge in [-0.2, -0.15) is 0 Å². The van der Waals surface area contributed by atoms with Crippen LogP contribution in [0.15, 0.2) is 24.3 Å². The Kier molecular flexibility index (Phi) is 5.90. The highest BCUT2D eigenvalue weighted by molar-refractivity contribution is 5.75. The van der Waals surface area contributed by atoms with Gasteiger partial charge in [-0.25, -0.2) is 4.79 Å². The number of aliphatic hydroxyl groups excluding tert-OH is 1. The lowest BCUT2D eigenvalue weighted by molar-refractivity contribution is -0.154. The summed E-state index contributed by atoms with van der Waals surface area (Å²) in [6, 6.07) is 6.57. The molecule has 1 unspecified atom stereocenters. The van der Waals surface area contributed by atoms with Crippen molar-refractivity contribution in [1.82, 2.24) is 0 Å². The van der Waals surface area contributed by atoms with E-state index >= 15 is 0 Å². The van der Waals surface area contributed by atoms with Crippen molar-refractivity contribution in [3.8, 4) is 0 Å². The Morgan fingerprint density at radius 2 is 1.81 bits per heavy atom. The van der Waals surface area contributed by atoms with E-state index in [9.17, 15) is 14.7 Å². The molecular formula is C16H22O5. The molecule has 0 saturated heterocycles. The van der Waals surface area contributed by atoms with Crippen LogP contribution in [0.3, 0.4) is 0 Å². The fraction of sp³-hybridized carbons (Fsp3) is 0.500. The maximum Gasteiger partial charge on any atom is 0.337 e. The molecule has 0 aliphatic rings. The molecule has 1 aromatic rings. The number of esters is 1. The highest BCUT2D eigenvalue weighted by atomic mass is 16.5. The summed E-state index contributed by atoms with van der Waals surface area (Å²) >= 11 is 0. The Labute approximate surface area is 124 Å². The van der Waals surface area contributed by atoms with Gasteiger partial charge in [-0.3, -0.25) is 4.79 Å². The number of benzene rings is 1. The number of aliphatic hydroxyl groups is 1. The van der Waals surface area contributed by atoms with Gasteiger partial charge in [0.25, 0.3) is 0 Å². The molecular weight excluding hydrogens is 272 g/mol. The minimum atomic E-state index is -1.51. The highest BCUT2D eigenvalue weighted by Crippen LogP contribution is 2.21. The van der Waals surface area contributed by atoms with Gasteiger partial charge in [-0.05, 0) is 31.4 Å². The Hall–Kier alpha value is -1.88. The fourth-order valence-electron chi connectivity index (χ4n) is 1.61. The van der Waals surface area contributed by atoms with E-state index in [0.29, 0.717) is 18.4 Å². The third-order valence-electron chi connectivity index (χ3n) is 3.59. The molecule has 5 nitrogen and oxygen atoms in total. The topological polar surface area (TPSA) is 83.8 Å². The molecule has 0 heterocycles. The smallest absolute Gasteiger partial charge is 0.337 e. The van der Waals surface area contributed by atoms with E-state index in [1.165, 1.54) is 0 Å². The number of carbonyl (C=O) groups excluding carboxylic acids is 1. The average Bonchev–Trinajstić information content (AvgIpc) is 2.46. The molecule has 0 saturated carbocycles. The van der Waals surface area contributed by atoms with E-state index in [2.05, 4.69) is 0 Å². The third kappa shape index (κ3) is 4.86. The van der Waals surface area contributed by atoms with Crippen LogP contribution in [0, 0.1) is 5.41 Å². The van der Waals surface area contributed by atoms with Crippen LogP contribution in [-0.2, 0) is 20.7 Å². The lowest BCUT2D eigenvalue weighted by atomic mass is 9.91. The zero-order valence-corrected chi connectivity index (χ0v) is 12.6. The Morgan fingerprint density at radius 1 is 1.24 bits per heavy atom. The Balaban J connectivity index is 2.51. The van der Waals surface area contributed by atoms with Gasteiger partial charge in [0, 0.05) is 6.42 Å². The van der Waals surface area contributed by atoms with Crippen molar-refractivity contribution in [3.05, 3.63) is 35.4 Å². The van der Waals surface area contributed by atoms with Crippen LogP contribution in [0.2, 0.25) is 0 Å². The molecule has 0 aliphatic heterocycles. The van der Waals surface area contributed by atoms with Gasteiger partial charge in [0.05, 0.1) is 12.0 Å². The van der Waals surface area contributed by atoms with Crippen LogP contribution in [0.5, 0.6) is 0 Å². The predicted octanol–water partition coefficient (Wildman–Crippen LogP) is 2.33. The predicted molar refractivity (Wildman–Crippen MR) is 77.8 cm³/mol. The molecule has 0 aromatic heterocycles. The first-order chi connectivity index (χ1) is 9.77. The second-order valence-electron chi connectivity index (χ2n) is 5.61. The standard InChI is InChI=1S/C16H22O5/c1-4-16(2,3)15(20)21-10-9-11-5-7-12(8-6-11)13(17)14(18)19/h5-8,13,17H,4,9-10H2,1-3H3,(H,18,19). The summed E-state index contributed by atoms with van der Waals surface area (Å²) in [5.41, 5.74) is 0.768. The molecule has 1 atom stereocenters. The first-order valence-electron chi connectivity index (χ1n) is 6.95. The minimum Gasteiger partial charge on any atom is -0.479 e. The maximum absolute atomic E-state index is 11.8. The first kappa shape index (κ1) is 17.2. The number of hydrogen-bond acceptors (Lipinski definition) is 4. The molecule has 0 fully saturated rings. The van der Waals surface area contributed by atoms with Gasteiger partial charge in [-0.15, -0.1) is 0 Å². The summed E-state index contributed by atoms with van der Waals surface area (Å²) in [4.78, 5) is 22.4. The number of aliphatic carboxylic acids is 1. The van der Waals surface area contributed by atoms with Crippen molar-refractivity contribution in [2.45, 2.75) is 39.7 Å². The Morgan fingerprint density at radius 3 is 2.29 bits per heavy atom. The second-order valence-corrected chi connectivity index (χ2v) is 5.61. The SMILES string of the molecule is CCC(C)(C)C(=O)OCCc1ccc(C(O)C(=O)O)cc1. The van der Waals surface area contributed by atoms with Gasteiger partial charge in [0.1, 0.15) is 0 Å². The molecule has 0 aliphatic carbocycles. The number of hydrogen-bond donors (Lipinski definition) is 2. The molecule has 5 heteroatoms. The minimum absolute atomic E-state index is 0.220. The van der Waals surface area contributed by atoms with E-state index in [1.807, 2.05) is 20.8 Å². The zero-order valence-electron chi connectivity index (χ0n) is 12.6. The van der Waals surface area contributed by atoms with E-state index in [4.69, 9.17) is 9.84 Å². The van der Waals surface area contributed by atoms with Gasteiger partial charge < -0.3 is 14.9 Å². The van der Waals surface area contributed by atoms with E-state index in [0.717, 1.165) is 5.56 Å². The average molecular weight is 294 g/mol. The monoisotopic (exact) mass is 294 g/mol. The lowest BCUT2D eigenvalue weighted by Gasteiger charge is -2.20. The normalized spacial score (nSPS) is 12.8. The first-order valence-corrected chi connectivity index (χ1v) is 6.95. The maximum atomic E-state index is 11.8. The molecule has 0 radical (unpaired) electrons. The number of carboxylic acids is 1. The summed E-state index contributed by atoms with van der Waals surface area (Å²) in [5.74, 6) is -1.50. The van der Waals surface area contributed by atoms with Gasteiger partial charge in [0.15, 0.2) is 6.10 Å². The van der Waals surface area contributed by atoms with Crippen molar-refractivity contribution in [2.75, 3.05) is 6.61 Å². The van der Waals surface area contributed by atoms with Gasteiger partial charge in [0.2, 0.25) is 0 Å².